The Bertz CT molecular complexity index is 720. The van der Waals surface area contributed by atoms with Gasteiger partial charge in [-0.2, -0.15) is 8.42 Å². The Morgan fingerprint density at radius 2 is 1.15 bits per heavy atom. The monoisotopic (exact) mass is 571 g/mol. The van der Waals surface area contributed by atoms with Crippen LogP contribution in [-0.2, 0) is 14.9 Å². The van der Waals surface area contributed by atoms with E-state index in [0.29, 0.717) is 12.8 Å². The molecule has 230 valence electrons. The van der Waals surface area contributed by atoms with Crippen molar-refractivity contribution in [1.82, 2.24) is 5.32 Å². The number of carbonyl (C=O) groups excluding carboxylic acids is 1. The molecule has 0 aromatic rings. The summed E-state index contributed by atoms with van der Waals surface area (Å²) in [5.74, 6) is -0.910. The van der Waals surface area contributed by atoms with Crippen molar-refractivity contribution >= 4 is 16.0 Å². The summed E-state index contributed by atoms with van der Waals surface area (Å²) < 4.78 is 32.0. The van der Waals surface area contributed by atoms with E-state index in [1.54, 1.807) is 0 Å². The Morgan fingerprint density at radius 1 is 0.692 bits per heavy atom. The summed E-state index contributed by atoms with van der Waals surface area (Å²) in [5, 5.41) is 13.1. The van der Waals surface area contributed by atoms with Gasteiger partial charge in [-0.05, 0) is 44.9 Å². The maximum atomic E-state index is 12.3. The molecule has 1 amide bonds. The van der Waals surface area contributed by atoms with Gasteiger partial charge in [0, 0.05) is 6.42 Å². The van der Waals surface area contributed by atoms with Gasteiger partial charge in [-0.3, -0.25) is 9.35 Å². The van der Waals surface area contributed by atoms with E-state index >= 15 is 0 Å². The molecule has 6 nitrogen and oxygen atoms in total. The minimum absolute atomic E-state index is 0.259. The van der Waals surface area contributed by atoms with Gasteiger partial charge >= 0.3 is 0 Å². The van der Waals surface area contributed by atoms with Crippen LogP contribution in [-0.4, -0.2) is 41.9 Å². The zero-order valence-corrected chi connectivity index (χ0v) is 26.1. The number of hydrogen-bond acceptors (Lipinski definition) is 4. The molecule has 0 aromatic carbocycles. The number of nitrogens with one attached hydrogen (secondary N) is 1. The van der Waals surface area contributed by atoms with Gasteiger partial charge < -0.3 is 10.4 Å². The van der Waals surface area contributed by atoms with E-state index in [1.807, 2.05) is 0 Å². The predicted octanol–water partition coefficient (Wildman–Crippen LogP) is 8.45. The van der Waals surface area contributed by atoms with Crippen LogP contribution < -0.4 is 5.32 Å². The Morgan fingerprint density at radius 3 is 1.72 bits per heavy atom. The fourth-order valence-electron chi connectivity index (χ4n) is 4.72. The summed E-state index contributed by atoms with van der Waals surface area (Å²) >= 11 is 0. The van der Waals surface area contributed by atoms with E-state index in [9.17, 15) is 22.9 Å². The molecular formula is C32H61NO5S. The molecule has 0 saturated carbocycles. The lowest BCUT2D eigenvalue weighted by atomic mass is 10.0. The summed E-state index contributed by atoms with van der Waals surface area (Å²) in [4.78, 5) is 12.3. The summed E-state index contributed by atoms with van der Waals surface area (Å²) in [6.07, 6.45) is 31.7. The van der Waals surface area contributed by atoms with Gasteiger partial charge in [-0.1, -0.05) is 128 Å². The minimum Gasteiger partial charge on any atom is -0.391 e. The van der Waals surface area contributed by atoms with Gasteiger partial charge in [0.25, 0.3) is 10.1 Å². The first-order valence-corrected chi connectivity index (χ1v) is 17.6. The maximum Gasteiger partial charge on any atom is 0.266 e. The molecule has 2 atom stereocenters. The molecule has 0 saturated heterocycles. The number of carbonyl (C=O) groups is 1. The van der Waals surface area contributed by atoms with E-state index < -0.39 is 28.0 Å². The number of rotatable bonds is 28. The molecule has 0 fully saturated rings. The second kappa shape index (κ2) is 27.0. The Labute approximate surface area is 241 Å². The number of amides is 1. The molecule has 0 radical (unpaired) electrons. The quantitative estimate of drug-likeness (QED) is 0.0496. The van der Waals surface area contributed by atoms with E-state index in [2.05, 4.69) is 43.5 Å². The summed E-state index contributed by atoms with van der Waals surface area (Å²) in [7, 11) is -4.29. The fourth-order valence-corrected chi connectivity index (χ4v) is 5.48. The highest BCUT2D eigenvalue weighted by molar-refractivity contribution is 7.85. The largest absolute Gasteiger partial charge is 0.391 e. The summed E-state index contributed by atoms with van der Waals surface area (Å²) in [6.45, 7) is 4.37. The van der Waals surface area contributed by atoms with Crippen molar-refractivity contribution < 1.29 is 22.9 Å². The van der Waals surface area contributed by atoms with Crippen molar-refractivity contribution in [2.45, 2.75) is 167 Å². The third kappa shape index (κ3) is 28.2. The van der Waals surface area contributed by atoms with Crippen LogP contribution >= 0.6 is 0 Å². The first kappa shape index (κ1) is 37.8. The molecule has 2 unspecified atom stereocenters. The van der Waals surface area contributed by atoms with Crippen LogP contribution in [0.3, 0.4) is 0 Å². The molecule has 0 aliphatic heterocycles. The molecular weight excluding hydrogens is 510 g/mol. The molecule has 3 N–H and O–H groups in total. The van der Waals surface area contributed by atoms with Crippen molar-refractivity contribution in [3.63, 3.8) is 0 Å². The normalized spacial score (nSPS) is 13.8. The Kier molecular flexibility index (Phi) is 26.2. The smallest absolute Gasteiger partial charge is 0.266 e. The van der Waals surface area contributed by atoms with Gasteiger partial charge in [-0.25, -0.2) is 0 Å². The highest BCUT2D eigenvalue weighted by atomic mass is 32.2. The van der Waals surface area contributed by atoms with Crippen molar-refractivity contribution in [3.05, 3.63) is 24.3 Å². The lowest BCUT2D eigenvalue weighted by Crippen LogP contribution is -2.47. The first-order chi connectivity index (χ1) is 18.8. The second-order valence-corrected chi connectivity index (χ2v) is 12.6. The van der Waals surface area contributed by atoms with Gasteiger partial charge in [0.2, 0.25) is 5.91 Å². The highest BCUT2D eigenvalue weighted by Crippen LogP contribution is 2.13. The van der Waals surface area contributed by atoms with E-state index in [0.717, 1.165) is 57.8 Å². The van der Waals surface area contributed by atoms with Gasteiger partial charge in [0.05, 0.1) is 17.9 Å². The van der Waals surface area contributed by atoms with Gasteiger partial charge in [-0.15, -0.1) is 0 Å². The van der Waals surface area contributed by atoms with E-state index in [4.69, 9.17) is 0 Å². The average molecular weight is 572 g/mol. The van der Waals surface area contributed by atoms with Crippen molar-refractivity contribution in [2.75, 3.05) is 5.75 Å². The zero-order chi connectivity index (χ0) is 29.0. The van der Waals surface area contributed by atoms with Crippen molar-refractivity contribution in [2.24, 2.45) is 0 Å². The SMILES string of the molecule is CCCCC/C=C\C/C=C\CCCCCCCCCCCC(=O)NC(CS(=O)(=O)O)C(O)CCCCCCC. The predicted molar refractivity (Wildman–Crippen MR) is 166 cm³/mol. The van der Waals surface area contributed by atoms with Gasteiger partial charge in [0.1, 0.15) is 0 Å². The van der Waals surface area contributed by atoms with Crippen LogP contribution in [0, 0.1) is 0 Å². The molecule has 0 heterocycles. The van der Waals surface area contributed by atoms with Crippen molar-refractivity contribution in [1.29, 1.82) is 0 Å². The van der Waals surface area contributed by atoms with Crippen LogP contribution in [0.15, 0.2) is 24.3 Å². The minimum atomic E-state index is -4.29. The Hall–Kier alpha value is -1.18. The summed E-state index contributed by atoms with van der Waals surface area (Å²) in [6, 6.07) is -0.966. The number of hydrogen-bond donors (Lipinski definition) is 3. The number of allylic oxidation sites excluding steroid dienone is 4. The Balaban J connectivity index is 3.81. The molecule has 0 aromatic heterocycles. The molecule has 0 aliphatic rings. The first-order valence-electron chi connectivity index (χ1n) is 16.0. The van der Waals surface area contributed by atoms with Crippen LogP contribution in [0.25, 0.3) is 0 Å². The lowest BCUT2D eigenvalue weighted by Gasteiger charge is -2.23. The molecule has 0 bridgehead atoms. The van der Waals surface area contributed by atoms with Gasteiger partial charge in [0.15, 0.2) is 0 Å². The number of unbranched alkanes of at least 4 members (excludes halogenated alkanes) is 16. The topological polar surface area (TPSA) is 104 Å². The molecule has 0 aliphatic carbocycles. The highest BCUT2D eigenvalue weighted by Gasteiger charge is 2.25. The van der Waals surface area contributed by atoms with E-state index in [-0.39, 0.29) is 5.91 Å². The maximum absolute atomic E-state index is 12.3. The number of aliphatic hydroxyl groups is 1. The standard InChI is InChI=1S/C32H61NO5S/c1-3-5-7-9-10-11-12-13-14-15-16-17-18-19-20-21-22-24-26-28-32(35)33-30(29-39(36,37)38)31(34)27-25-23-8-6-4-2/h10-11,13-14,30-31,34H,3-9,12,15-29H2,1-2H3,(H,33,35)(H,36,37,38)/b11-10-,14-13-. The summed E-state index contributed by atoms with van der Waals surface area (Å²) in [5.41, 5.74) is 0. The van der Waals surface area contributed by atoms with Crippen molar-refractivity contribution in [3.8, 4) is 0 Å². The number of aliphatic hydroxyl groups excluding tert-OH is 1. The lowest BCUT2D eigenvalue weighted by molar-refractivity contribution is -0.122. The van der Waals surface area contributed by atoms with Crippen LogP contribution in [0.2, 0.25) is 0 Å². The average Bonchev–Trinajstić information content (AvgIpc) is 2.88. The zero-order valence-electron chi connectivity index (χ0n) is 25.3. The molecule has 39 heavy (non-hydrogen) atoms. The fraction of sp³-hybridized carbons (Fsp3) is 0.844. The van der Waals surface area contributed by atoms with Crippen LogP contribution in [0.5, 0.6) is 0 Å². The van der Waals surface area contributed by atoms with E-state index in [1.165, 1.54) is 70.6 Å². The van der Waals surface area contributed by atoms with Crippen LogP contribution in [0.1, 0.15) is 155 Å². The third-order valence-electron chi connectivity index (χ3n) is 7.16. The second-order valence-electron chi connectivity index (χ2n) is 11.1. The van der Waals surface area contributed by atoms with Crippen LogP contribution in [0.4, 0.5) is 0 Å². The molecule has 7 heteroatoms. The molecule has 0 spiro atoms. The third-order valence-corrected chi connectivity index (χ3v) is 7.94. The molecule has 0 rings (SSSR count).